The predicted octanol–water partition coefficient (Wildman–Crippen LogP) is 2.08. The lowest BCUT2D eigenvalue weighted by Gasteiger charge is -2.30. The summed E-state index contributed by atoms with van der Waals surface area (Å²) in [5.74, 6) is 0. The van der Waals surface area contributed by atoms with E-state index in [0.29, 0.717) is 0 Å². The normalized spacial score (nSPS) is 38.7. The molecule has 58 valence electrons. The van der Waals surface area contributed by atoms with Crippen molar-refractivity contribution in [2.75, 3.05) is 0 Å². The highest BCUT2D eigenvalue weighted by molar-refractivity contribution is 14.1. The number of hydrogen-bond donors (Lipinski definition) is 0. The lowest BCUT2D eigenvalue weighted by molar-refractivity contribution is 0.0725. The Morgan fingerprint density at radius 1 is 1.20 bits per heavy atom. The van der Waals surface area contributed by atoms with Gasteiger partial charge in [-0.05, 0) is 50.2 Å². The van der Waals surface area contributed by atoms with E-state index in [0.717, 1.165) is 0 Å². The van der Waals surface area contributed by atoms with Gasteiger partial charge in [0.15, 0.2) is 0 Å². The van der Waals surface area contributed by atoms with Crippen molar-refractivity contribution in [2.24, 2.45) is 0 Å². The molecule has 0 N–H and O–H groups in total. The summed E-state index contributed by atoms with van der Waals surface area (Å²) >= 11 is 2.28. The summed E-state index contributed by atoms with van der Waals surface area (Å²) in [6.07, 6.45) is 0. The summed E-state index contributed by atoms with van der Waals surface area (Å²) in [5.41, 5.74) is -0.174. The van der Waals surface area contributed by atoms with Crippen LogP contribution < -0.4 is 0 Å². The molecule has 0 radical (unpaired) electrons. The highest BCUT2D eigenvalue weighted by Gasteiger charge is 2.50. The molecule has 0 aromatic rings. The summed E-state index contributed by atoms with van der Waals surface area (Å²) in [5, 5.41) is 0. The van der Waals surface area contributed by atoms with Crippen molar-refractivity contribution in [3.05, 3.63) is 0 Å². The van der Waals surface area contributed by atoms with Gasteiger partial charge in [0, 0.05) is 0 Å². The van der Waals surface area contributed by atoms with Gasteiger partial charge in [-0.2, -0.15) is 0 Å². The van der Waals surface area contributed by atoms with Gasteiger partial charge in [-0.1, -0.05) is 0 Å². The van der Waals surface area contributed by atoms with E-state index in [9.17, 15) is 0 Å². The molecule has 0 aromatic carbocycles. The van der Waals surface area contributed by atoms with Gasteiger partial charge >= 0.3 is 7.12 Å². The van der Waals surface area contributed by atoms with Gasteiger partial charge in [-0.15, -0.1) is 0 Å². The number of halogens is 1. The Kier molecular flexibility index (Phi) is 2.07. The smallest absolute Gasteiger partial charge is 0.402 e. The Bertz CT molecular complexity index is 131. The SMILES string of the molecule is CB1OC(C)(C)C(C)(I)O1. The molecule has 1 fully saturated rings. The van der Waals surface area contributed by atoms with Crippen LogP contribution in [0.5, 0.6) is 0 Å². The van der Waals surface area contributed by atoms with E-state index in [4.69, 9.17) is 9.31 Å². The van der Waals surface area contributed by atoms with Gasteiger partial charge in [-0.25, -0.2) is 0 Å². The van der Waals surface area contributed by atoms with Gasteiger partial charge in [0.1, 0.15) is 3.61 Å². The van der Waals surface area contributed by atoms with Gasteiger partial charge in [0.05, 0.1) is 5.60 Å². The maximum Gasteiger partial charge on any atom is 0.455 e. The van der Waals surface area contributed by atoms with E-state index in [1.165, 1.54) is 0 Å². The van der Waals surface area contributed by atoms with Crippen LogP contribution in [0.1, 0.15) is 20.8 Å². The fourth-order valence-electron chi connectivity index (χ4n) is 0.998. The first-order valence-electron chi connectivity index (χ1n) is 3.40. The maximum atomic E-state index is 5.53. The standard InChI is InChI=1S/C6H12BIO2/c1-5(2)6(3,8)10-7(4)9-5/h1-4H3. The van der Waals surface area contributed by atoms with Crippen LogP contribution in [0.4, 0.5) is 0 Å². The Labute approximate surface area is 75.9 Å². The van der Waals surface area contributed by atoms with E-state index < -0.39 is 0 Å². The largest absolute Gasteiger partial charge is 0.455 e. The molecule has 1 aliphatic heterocycles. The van der Waals surface area contributed by atoms with E-state index in [1.807, 2.05) is 27.6 Å². The van der Waals surface area contributed by atoms with Crippen molar-refractivity contribution in [1.29, 1.82) is 0 Å². The molecule has 1 unspecified atom stereocenters. The fourth-order valence-corrected chi connectivity index (χ4v) is 1.48. The van der Waals surface area contributed by atoms with Crippen molar-refractivity contribution in [2.45, 2.75) is 36.8 Å². The first kappa shape index (κ1) is 8.81. The topological polar surface area (TPSA) is 18.5 Å². The predicted molar refractivity (Wildman–Crippen MR) is 50.3 cm³/mol. The number of hydrogen-bond acceptors (Lipinski definition) is 2. The molecule has 1 rings (SSSR count). The van der Waals surface area contributed by atoms with Crippen LogP contribution in [0.25, 0.3) is 0 Å². The molecular formula is C6H12BIO2. The van der Waals surface area contributed by atoms with Crippen LogP contribution in [0.15, 0.2) is 0 Å². The molecule has 2 nitrogen and oxygen atoms in total. The van der Waals surface area contributed by atoms with Gasteiger partial charge in [-0.3, -0.25) is 0 Å². The molecule has 0 amide bonds. The van der Waals surface area contributed by atoms with Crippen molar-refractivity contribution in [1.82, 2.24) is 0 Å². The zero-order valence-corrected chi connectivity index (χ0v) is 8.93. The Morgan fingerprint density at radius 2 is 1.70 bits per heavy atom. The molecule has 1 saturated heterocycles. The van der Waals surface area contributed by atoms with E-state index in [2.05, 4.69) is 22.6 Å². The van der Waals surface area contributed by atoms with Crippen LogP contribution >= 0.6 is 22.6 Å². The highest BCUT2D eigenvalue weighted by Crippen LogP contribution is 2.41. The molecule has 0 aliphatic carbocycles. The third-order valence-corrected chi connectivity index (χ3v) is 3.48. The highest BCUT2D eigenvalue weighted by atomic mass is 127. The number of rotatable bonds is 0. The quantitative estimate of drug-likeness (QED) is 0.374. The average Bonchev–Trinajstić information content (AvgIpc) is 1.73. The molecular weight excluding hydrogens is 242 g/mol. The van der Waals surface area contributed by atoms with Crippen LogP contribution in [0, 0.1) is 0 Å². The first-order chi connectivity index (χ1) is 4.35. The Balaban J connectivity index is 2.78. The third-order valence-electron chi connectivity index (χ3n) is 1.92. The average molecular weight is 254 g/mol. The van der Waals surface area contributed by atoms with Crippen molar-refractivity contribution in [3.8, 4) is 0 Å². The van der Waals surface area contributed by atoms with E-state index in [1.54, 1.807) is 0 Å². The molecule has 1 atom stereocenters. The summed E-state index contributed by atoms with van der Waals surface area (Å²) in [6, 6.07) is 0. The monoisotopic (exact) mass is 254 g/mol. The molecule has 0 saturated carbocycles. The van der Waals surface area contributed by atoms with Crippen molar-refractivity contribution < 1.29 is 9.31 Å². The molecule has 1 aliphatic rings. The number of alkyl halides is 1. The fraction of sp³-hybridized carbons (Fsp3) is 1.00. The van der Waals surface area contributed by atoms with Crippen LogP contribution in [0.2, 0.25) is 6.82 Å². The minimum atomic E-state index is -0.190. The minimum absolute atomic E-state index is 0.0723. The van der Waals surface area contributed by atoms with Gasteiger partial charge in [0.2, 0.25) is 0 Å². The summed E-state index contributed by atoms with van der Waals surface area (Å²) in [6.45, 7) is 8.05. The van der Waals surface area contributed by atoms with Crippen LogP contribution in [-0.2, 0) is 9.31 Å². The van der Waals surface area contributed by atoms with Gasteiger partial charge < -0.3 is 9.31 Å². The second-order valence-corrected chi connectivity index (χ2v) is 5.29. The Hall–Kier alpha value is 0.715. The lowest BCUT2D eigenvalue weighted by Crippen LogP contribution is -2.38. The summed E-state index contributed by atoms with van der Waals surface area (Å²) < 4.78 is 10.9. The molecule has 4 heteroatoms. The van der Waals surface area contributed by atoms with Crippen molar-refractivity contribution in [3.63, 3.8) is 0 Å². The van der Waals surface area contributed by atoms with E-state index in [-0.39, 0.29) is 16.3 Å². The van der Waals surface area contributed by atoms with E-state index >= 15 is 0 Å². The molecule has 0 aromatic heterocycles. The first-order valence-corrected chi connectivity index (χ1v) is 4.47. The maximum absolute atomic E-state index is 5.53. The van der Waals surface area contributed by atoms with Crippen LogP contribution in [-0.4, -0.2) is 16.3 Å². The Morgan fingerprint density at radius 3 is 1.80 bits per heavy atom. The van der Waals surface area contributed by atoms with Crippen LogP contribution in [0.3, 0.4) is 0 Å². The molecule has 0 bridgehead atoms. The molecule has 10 heavy (non-hydrogen) atoms. The lowest BCUT2D eigenvalue weighted by atomic mass is 9.96. The third kappa shape index (κ3) is 1.33. The molecule has 0 spiro atoms. The summed E-state index contributed by atoms with van der Waals surface area (Å²) in [7, 11) is -0.0723. The zero-order valence-electron chi connectivity index (χ0n) is 6.77. The second kappa shape index (κ2) is 2.35. The van der Waals surface area contributed by atoms with Crippen molar-refractivity contribution >= 4 is 29.7 Å². The zero-order chi connectivity index (χ0) is 7.99. The van der Waals surface area contributed by atoms with Gasteiger partial charge in [0.25, 0.3) is 0 Å². The molecule has 1 heterocycles. The minimum Gasteiger partial charge on any atom is -0.402 e. The summed E-state index contributed by atoms with van der Waals surface area (Å²) in [4.78, 5) is 0. The second-order valence-electron chi connectivity index (χ2n) is 3.23.